The van der Waals surface area contributed by atoms with Gasteiger partial charge in [-0.1, -0.05) is 13.8 Å². The first-order valence-corrected chi connectivity index (χ1v) is 4.41. The first kappa shape index (κ1) is 9.10. The average Bonchev–Trinajstić information content (AvgIpc) is 2.31. The lowest BCUT2D eigenvalue weighted by Crippen LogP contribution is -2.09. The molecule has 1 heterocycles. The number of H-pyrrole nitrogens is 1. The molecule has 0 aliphatic rings. The van der Waals surface area contributed by atoms with Crippen molar-refractivity contribution in [1.29, 1.82) is 0 Å². The van der Waals surface area contributed by atoms with E-state index >= 15 is 0 Å². The van der Waals surface area contributed by atoms with Gasteiger partial charge in [0.2, 0.25) is 0 Å². The highest BCUT2D eigenvalue weighted by molar-refractivity contribution is 5.05. The maximum absolute atomic E-state index is 11.3. The van der Waals surface area contributed by atoms with E-state index < -0.39 is 0 Å². The number of nitrogens with zero attached hydrogens (tertiary/aromatic N) is 1. The third-order valence-electron chi connectivity index (χ3n) is 1.82. The second kappa shape index (κ2) is 3.61. The predicted molar refractivity (Wildman–Crippen MR) is 49.3 cm³/mol. The summed E-state index contributed by atoms with van der Waals surface area (Å²) in [4.78, 5) is 11.3. The summed E-state index contributed by atoms with van der Waals surface area (Å²) >= 11 is 0. The van der Waals surface area contributed by atoms with E-state index in [0.717, 1.165) is 18.5 Å². The molecule has 1 aromatic rings. The van der Waals surface area contributed by atoms with Crippen LogP contribution in [-0.4, -0.2) is 9.78 Å². The largest absolute Gasteiger partial charge is 0.292 e. The number of hydrogen-bond donors (Lipinski definition) is 1. The van der Waals surface area contributed by atoms with E-state index in [1.54, 1.807) is 0 Å². The zero-order chi connectivity index (χ0) is 9.14. The molecule has 3 nitrogen and oxygen atoms in total. The van der Waals surface area contributed by atoms with Gasteiger partial charge in [0, 0.05) is 18.3 Å². The van der Waals surface area contributed by atoms with Crippen molar-refractivity contribution in [3.8, 4) is 0 Å². The predicted octanol–water partition coefficient (Wildman–Crippen LogP) is 1.39. The van der Waals surface area contributed by atoms with Crippen LogP contribution in [0.2, 0.25) is 0 Å². The molecule has 0 fully saturated rings. The first-order chi connectivity index (χ1) is 5.63. The van der Waals surface area contributed by atoms with E-state index in [2.05, 4.69) is 18.9 Å². The third-order valence-corrected chi connectivity index (χ3v) is 1.82. The summed E-state index contributed by atoms with van der Waals surface area (Å²) in [5.41, 5.74) is 0.956. The topological polar surface area (TPSA) is 37.8 Å². The SMILES string of the molecule is CCn1cc(CC(C)C)c(=O)[nH]1. The molecule has 68 valence electrons. The van der Waals surface area contributed by atoms with Gasteiger partial charge in [0.25, 0.3) is 5.56 Å². The molecule has 1 rings (SSSR count). The molecule has 0 saturated carbocycles. The molecule has 0 atom stereocenters. The summed E-state index contributed by atoms with van der Waals surface area (Å²) in [6, 6.07) is 0. The fourth-order valence-corrected chi connectivity index (χ4v) is 1.24. The van der Waals surface area contributed by atoms with Crippen molar-refractivity contribution in [2.45, 2.75) is 33.7 Å². The Hall–Kier alpha value is -0.990. The van der Waals surface area contributed by atoms with Crippen LogP contribution in [0.25, 0.3) is 0 Å². The highest BCUT2D eigenvalue weighted by Gasteiger charge is 2.04. The van der Waals surface area contributed by atoms with Gasteiger partial charge >= 0.3 is 0 Å². The quantitative estimate of drug-likeness (QED) is 0.727. The maximum Gasteiger partial charge on any atom is 0.267 e. The summed E-state index contributed by atoms with van der Waals surface area (Å²) in [6.45, 7) is 7.06. The third kappa shape index (κ3) is 2.00. The molecular formula is C9H16N2O. The van der Waals surface area contributed by atoms with Gasteiger partial charge in [-0.3, -0.25) is 14.6 Å². The lowest BCUT2D eigenvalue weighted by molar-refractivity contribution is 0.640. The smallest absolute Gasteiger partial charge is 0.267 e. The van der Waals surface area contributed by atoms with Crippen LogP contribution in [0.1, 0.15) is 26.3 Å². The monoisotopic (exact) mass is 168 g/mol. The summed E-state index contributed by atoms with van der Waals surface area (Å²) in [6.07, 6.45) is 2.77. The van der Waals surface area contributed by atoms with Crippen molar-refractivity contribution in [3.63, 3.8) is 0 Å². The van der Waals surface area contributed by atoms with Gasteiger partial charge in [0.1, 0.15) is 0 Å². The number of aryl methyl sites for hydroxylation is 1. The number of aromatic nitrogens is 2. The van der Waals surface area contributed by atoms with Crippen molar-refractivity contribution < 1.29 is 0 Å². The van der Waals surface area contributed by atoms with E-state index in [0.29, 0.717) is 5.92 Å². The van der Waals surface area contributed by atoms with Gasteiger partial charge in [-0.05, 0) is 19.3 Å². The number of nitrogens with one attached hydrogen (secondary N) is 1. The molecule has 12 heavy (non-hydrogen) atoms. The van der Waals surface area contributed by atoms with Crippen LogP contribution >= 0.6 is 0 Å². The fraction of sp³-hybridized carbons (Fsp3) is 0.667. The van der Waals surface area contributed by atoms with Gasteiger partial charge in [-0.2, -0.15) is 0 Å². The summed E-state index contributed by atoms with van der Waals surface area (Å²) in [7, 11) is 0. The first-order valence-electron chi connectivity index (χ1n) is 4.41. The zero-order valence-corrected chi connectivity index (χ0v) is 7.92. The van der Waals surface area contributed by atoms with Crippen LogP contribution < -0.4 is 5.56 Å². The average molecular weight is 168 g/mol. The molecule has 0 unspecified atom stereocenters. The van der Waals surface area contributed by atoms with E-state index in [9.17, 15) is 4.79 Å². The Morgan fingerprint density at radius 1 is 1.58 bits per heavy atom. The fourth-order valence-electron chi connectivity index (χ4n) is 1.24. The van der Waals surface area contributed by atoms with Crippen LogP contribution in [0.5, 0.6) is 0 Å². The number of rotatable bonds is 3. The van der Waals surface area contributed by atoms with Gasteiger partial charge in [-0.15, -0.1) is 0 Å². The molecule has 1 aromatic heterocycles. The lowest BCUT2D eigenvalue weighted by atomic mass is 10.1. The minimum Gasteiger partial charge on any atom is -0.292 e. The lowest BCUT2D eigenvalue weighted by Gasteiger charge is -1.98. The van der Waals surface area contributed by atoms with Crippen molar-refractivity contribution in [2.75, 3.05) is 0 Å². The second-order valence-corrected chi connectivity index (χ2v) is 3.48. The Morgan fingerprint density at radius 2 is 2.25 bits per heavy atom. The molecule has 0 saturated heterocycles. The Balaban J connectivity index is 2.85. The van der Waals surface area contributed by atoms with Crippen molar-refractivity contribution in [1.82, 2.24) is 9.78 Å². The molecule has 1 N–H and O–H groups in total. The molecule has 0 aliphatic carbocycles. The maximum atomic E-state index is 11.3. The normalized spacial score (nSPS) is 11.0. The molecule has 3 heteroatoms. The highest BCUT2D eigenvalue weighted by Crippen LogP contribution is 2.02. The second-order valence-electron chi connectivity index (χ2n) is 3.48. The summed E-state index contributed by atoms with van der Waals surface area (Å²) in [5, 5.41) is 2.76. The zero-order valence-electron chi connectivity index (χ0n) is 7.92. The van der Waals surface area contributed by atoms with E-state index in [4.69, 9.17) is 0 Å². The highest BCUT2D eigenvalue weighted by atomic mass is 16.1. The molecular weight excluding hydrogens is 152 g/mol. The standard InChI is InChI=1S/C9H16N2O/c1-4-11-6-8(5-7(2)3)9(12)10-11/h6-7H,4-5H2,1-3H3,(H,10,12). The molecule has 0 aliphatic heterocycles. The van der Waals surface area contributed by atoms with Gasteiger partial charge in [0.15, 0.2) is 0 Å². The van der Waals surface area contributed by atoms with Crippen LogP contribution in [0.3, 0.4) is 0 Å². The summed E-state index contributed by atoms with van der Waals surface area (Å²) < 4.78 is 1.82. The van der Waals surface area contributed by atoms with Crippen LogP contribution in [0.4, 0.5) is 0 Å². The van der Waals surface area contributed by atoms with Crippen molar-refractivity contribution >= 4 is 0 Å². The molecule has 0 bridgehead atoms. The van der Waals surface area contributed by atoms with E-state index in [1.165, 1.54) is 0 Å². The van der Waals surface area contributed by atoms with Crippen LogP contribution in [0.15, 0.2) is 11.0 Å². The van der Waals surface area contributed by atoms with Gasteiger partial charge in [0.05, 0.1) is 0 Å². The Morgan fingerprint density at radius 3 is 2.67 bits per heavy atom. The van der Waals surface area contributed by atoms with Crippen LogP contribution in [-0.2, 0) is 13.0 Å². The molecule has 0 aromatic carbocycles. The van der Waals surface area contributed by atoms with Crippen molar-refractivity contribution in [2.24, 2.45) is 5.92 Å². The Bertz CT molecular complexity index is 296. The minimum atomic E-state index is 0.0607. The van der Waals surface area contributed by atoms with Gasteiger partial charge in [-0.25, -0.2) is 0 Å². The molecule has 0 amide bonds. The number of hydrogen-bond acceptors (Lipinski definition) is 1. The van der Waals surface area contributed by atoms with Gasteiger partial charge < -0.3 is 0 Å². The Kier molecular flexibility index (Phi) is 2.74. The molecule has 0 radical (unpaired) electrons. The van der Waals surface area contributed by atoms with E-state index in [-0.39, 0.29) is 5.56 Å². The summed E-state index contributed by atoms with van der Waals surface area (Å²) in [5.74, 6) is 0.541. The Labute approximate surface area is 72.4 Å². The van der Waals surface area contributed by atoms with E-state index in [1.807, 2.05) is 17.8 Å². The molecule has 0 spiro atoms. The van der Waals surface area contributed by atoms with Crippen LogP contribution in [0, 0.1) is 5.92 Å². The van der Waals surface area contributed by atoms with Crippen molar-refractivity contribution in [3.05, 3.63) is 22.1 Å². The minimum absolute atomic E-state index is 0.0607. The number of aromatic amines is 1.